The molecule has 0 aromatic carbocycles. The third-order valence-corrected chi connectivity index (χ3v) is 4.30. The van der Waals surface area contributed by atoms with Gasteiger partial charge in [-0.15, -0.1) is 0 Å². The minimum atomic E-state index is 0.740. The summed E-state index contributed by atoms with van der Waals surface area (Å²) in [5, 5.41) is 8.09. The van der Waals surface area contributed by atoms with E-state index < -0.39 is 0 Å². The molecule has 0 radical (unpaired) electrons. The van der Waals surface area contributed by atoms with Gasteiger partial charge in [0.15, 0.2) is 0 Å². The Hall–Kier alpha value is -0.830. The van der Waals surface area contributed by atoms with Crippen LogP contribution in [0.4, 0.5) is 0 Å². The molecule has 0 bridgehead atoms. The van der Waals surface area contributed by atoms with Gasteiger partial charge in [-0.1, -0.05) is 13.8 Å². The van der Waals surface area contributed by atoms with E-state index in [1.54, 1.807) is 0 Å². The van der Waals surface area contributed by atoms with Crippen molar-refractivity contribution in [3.63, 3.8) is 0 Å². The summed E-state index contributed by atoms with van der Waals surface area (Å²) in [7, 11) is 1.98. The Morgan fingerprint density at radius 2 is 2.06 bits per heavy atom. The molecule has 1 aromatic heterocycles. The average molecular weight is 249 g/mol. The van der Waals surface area contributed by atoms with Crippen LogP contribution >= 0.6 is 0 Å². The van der Waals surface area contributed by atoms with Crippen molar-refractivity contribution in [2.75, 3.05) is 6.54 Å². The van der Waals surface area contributed by atoms with Crippen LogP contribution in [-0.4, -0.2) is 22.4 Å². The summed E-state index contributed by atoms with van der Waals surface area (Å²) in [6, 6.07) is 2.85. The number of hydrogen-bond donors (Lipinski definition) is 1. The second-order valence-corrected chi connectivity index (χ2v) is 6.04. The predicted molar refractivity (Wildman–Crippen MR) is 75.5 cm³/mol. The zero-order valence-electron chi connectivity index (χ0n) is 12.0. The first-order valence-corrected chi connectivity index (χ1v) is 7.37. The lowest BCUT2D eigenvalue weighted by Gasteiger charge is -2.31. The highest BCUT2D eigenvalue weighted by molar-refractivity contribution is 4.99. The molecule has 1 aliphatic rings. The van der Waals surface area contributed by atoms with Gasteiger partial charge >= 0.3 is 0 Å². The SMILES string of the molecule is CC(C)C1CCC(NCCc2ccn(C)n2)CC1. The van der Waals surface area contributed by atoms with E-state index in [1.807, 2.05) is 17.9 Å². The fourth-order valence-electron chi connectivity index (χ4n) is 2.99. The maximum atomic E-state index is 4.41. The van der Waals surface area contributed by atoms with Crippen LogP contribution in [0.1, 0.15) is 45.2 Å². The molecule has 0 aliphatic heterocycles. The minimum absolute atomic E-state index is 0.740. The predicted octanol–water partition coefficient (Wildman–Crippen LogP) is 2.77. The Labute approximate surface area is 111 Å². The van der Waals surface area contributed by atoms with Gasteiger partial charge in [0.2, 0.25) is 0 Å². The van der Waals surface area contributed by atoms with E-state index in [0.717, 1.165) is 30.8 Å². The number of nitrogens with zero attached hydrogens (tertiary/aromatic N) is 2. The van der Waals surface area contributed by atoms with Gasteiger partial charge in [-0.3, -0.25) is 4.68 Å². The maximum Gasteiger partial charge on any atom is 0.0637 e. The molecular formula is C15H27N3. The maximum absolute atomic E-state index is 4.41. The van der Waals surface area contributed by atoms with Crippen molar-refractivity contribution in [1.29, 1.82) is 0 Å². The number of aryl methyl sites for hydroxylation is 1. The third-order valence-electron chi connectivity index (χ3n) is 4.30. The van der Waals surface area contributed by atoms with Crippen LogP contribution in [0, 0.1) is 11.8 Å². The van der Waals surface area contributed by atoms with Crippen molar-refractivity contribution in [3.8, 4) is 0 Å². The van der Waals surface area contributed by atoms with Crippen LogP contribution in [0.25, 0.3) is 0 Å². The van der Waals surface area contributed by atoms with E-state index in [0.29, 0.717) is 0 Å². The molecule has 1 fully saturated rings. The number of rotatable bonds is 5. The van der Waals surface area contributed by atoms with Gasteiger partial charge in [0.1, 0.15) is 0 Å². The van der Waals surface area contributed by atoms with E-state index in [-0.39, 0.29) is 0 Å². The zero-order chi connectivity index (χ0) is 13.0. The van der Waals surface area contributed by atoms with Gasteiger partial charge in [0.05, 0.1) is 5.69 Å². The fraction of sp³-hybridized carbons (Fsp3) is 0.800. The first kappa shape index (κ1) is 13.6. The van der Waals surface area contributed by atoms with E-state index in [9.17, 15) is 0 Å². The summed E-state index contributed by atoms with van der Waals surface area (Å²) in [4.78, 5) is 0. The van der Waals surface area contributed by atoms with Crippen molar-refractivity contribution in [2.45, 2.75) is 52.0 Å². The number of hydrogen-bond acceptors (Lipinski definition) is 2. The molecule has 3 nitrogen and oxygen atoms in total. The smallest absolute Gasteiger partial charge is 0.0637 e. The molecule has 0 unspecified atom stereocenters. The van der Waals surface area contributed by atoms with Gasteiger partial charge in [-0.25, -0.2) is 0 Å². The highest BCUT2D eigenvalue weighted by atomic mass is 15.2. The molecule has 18 heavy (non-hydrogen) atoms. The second-order valence-electron chi connectivity index (χ2n) is 6.04. The number of nitrogens with one attached hydrogen (secondary N) is 1. The molecule has 0 atom stereocenters. The highest BCUT2D eigenvalue weighted by Crippen LogP contribution is 2.29. The average Bonchev–Trinajstić information content (AvgIpc) is 2.76. The highest BCUT2D eigenvalue weighted by Gasteiger charge is 2.22. The van der Waals surface area contributed by atoms with E-state index in [1.165, 1.54) is 31.4 Å². The third kappa shape index (κ3) is 3.84. The molecule has 1 N–H and O–H groups in total. The van der Waals surface area contributed by atoms with Crippen LogP contribution < -0.4 is 5.32 Å². The van der Waals surface area contributed by atoms with E-state index in [4.69, 9.17) is 0 Å². The molecule has 0 amide bonds. The lowest BCUT2D eigenvalue weighted by atomic mass is 9.80. The molecule has 102 valence electrons. The minimum Gasteiger partial charge on any atom is -0.314 e. The quantitative estimate of drug-likeness (QED) is 0.869. The molecule has 1 heterocycles. The van der Waals surface area contributed by atoms with Crippen LogP contribution in [-0.2, 0) is 13.5 Å². The summed E-state index contributed by atoms with van der Waals surface area (Å²) in [5.41, 5.74) is 1.20. The summed E-state index contributed by atoms with van der Waals surface area (Å²) >= 11 is 0. The topological polar surface area (TPSA) is 29.9 Å². The Morgan fingerprint density at radius 1 is 1.33 bits per heavy atom. The molecule has 3 heteroatoms. The zero-order valence-corrected chi connectivity index (χ0v) is 12.0. The molecule has 0 saturated heterocycles. The largest absolute Gasteiger partial charge is 0.314 e. The van der Waals surface area contributed by atoms with Gasteiger partial charge < -0.3 is 5.32 Å². The molecule has 1 aromatic rings. The Bertz CT molecular complexity index is 348. The van der Waals surface area contributed by atoms with Crippen molar-refractivity contribution in [3.05, 3.63) is 18.0 Å². The first-order chi connectivity index (χ1) is 8.65. The molecular weight excluding hydrogens is 222 g/mol. The Kier molecular flexibility index (Phi) is 4.81. The normalized spacial score (nSPS) is 24.7. The first-order valence-electron chi connectivity index (χ1n) is 7.37. The second kappa shape index (κ2) is 6.37. The van der Waals surface area contributed by atoms with E-state index >= 15 is 0 Å². The lowest BCUT2D eigenvalue weighted by Crippen LogP contribution is -2.35. The number of aromatic nitrogens is 2. The fourth-order valence-corrected chi connectivity index (χ4v) is 2.99. The van der Waals surface area contributed by atoms with Gasteiger partial charge in [-0.05, 0) is 43.6 Å². The molecule has 0 spiro atoms. The summed E-state index contributed by atoms with van der Waals surface area (Å²) in [5.74, 6) is 1.82. The Morgan fingerprint density at radius 3 is 2.61 bits per heavy atom. The van der Waals surface area contributed by atoms with Crippen LogP contribution in [0.2, 0.25) is 0 Å². The van der Waals surface area contributed by atoms with E-state index in [2.05, 4.69) is 30.3 Å². The van der Waals surface area contributed by atoms with Crippen LogP contribution in [0.15, 0.2) is 12.3 Å². The van der Waals surface area contributed by atoms with Gasteiger partial charge in [0, 0.05) is 32.3 Å². The summed E-state index contributed by atoms with van der Waals surface area (Å²) < 4.78 is 1.88. The van der Waals surface area contributed by atoms with Crippen molar-refractivity contribution >= 4 is 0 Å². The van der Waals surface area contributed by atoms with Crippen molar-refractivity contribution in [1.82, 2.24) is 15.1 Å². The van der Waals surface area contributed by atoms with Crippen LogP contribution in [0.3, 0.4) is 0 Å². The molecule has 2 rings (SSSR count). The van der Waals surface area contributed by atoms with Crippen LogP contribution in [0.5, 0.6) is 0 Å². The lowest BCUT2D eigenvalue weighted by molar-refractivity contribution is 0.239. The van der Waals surface area contributed by atoms with Crippen molar-refractivity contribution in [2.24, 2.45) is 18.9 Å². The monoisotopic (exact) mass is 249 g/mol. The summed E-state index contributed by atoms with van der Waals surface area (Å²) in [6.07, 6.45) is 8.57. The van der Waals surface area contributed by atoms with Crippen molar-refractivity contribution < 1.29 is 0 Å². The van der Waals surface area contributed by atoms with Gasteiger partial charge in [-0.2, -0.15) is 5.10 Å². The molecule has 1 saturated carbocycles. The standard InChI is InChI=1S/C15H27N3/c1-12(2)13-4-6-14(7-5-13)16-10-8-15-9-11-18(3)17-15/h9,11-14,16H,4-8,10H2,1-3H3. The molecule has 1 aliphatic carbocycles. The summed E-state index contributed by atoms with van der Waals surface area (Å²) in [6.45, 7) is 5.78. The Balaban J connectivity index is 1.63. The van der Waals surface area contributed by atoms with Gasteiger partial charge in [0.25, 0.3) is 0 Å².